The highest BCUT2D eigenvalue weighted by Crippen LogP contribution is 2.31. The topological polar surface area (TPSA) is 91.5 Å². The second-order valence-corrected chi connectivity index (χ2v) is 8.86. The average molecular weight is 508 g/mol. The van der Waals surface area contributed by atoms with Gasteiger partial charge in [0.2, 0.25) is 17.8 Å². The van der Waals surface area contributed by atoms with Crippen molar-refractivity contribution in [1.82, 2.24) is 15.0 Å². The number of aromatic nitrogens is 3. The number of hydrogen-bond donors (Lipinski definition) is 2. The van der Waals surface area contributed by atoms with Gasteiger partial charge < -0.3 is 14.6 Å². The van der Waals surface area contributed by atoms with Crippen molar-refractivity contribution < 1.29 is 4.42 Å². The van der Waals surface area contributed by atoms with Crippen molar-refractivity contribution in [3.05, 3.63) is 76.5 Å². The van der Waals surface area contributed by atoms with Crippen LogP contribution in [0.15, 0.2) is 70.2 Å². The smallest absolute Gasteiger partial charge is 0.250 e. The third-order valence-corrected chi connectivity index (χ3v) is 6.03. The molecule has 2 aromatic heterocycles. The summed E-state index contributed by atoms with van der Waals surface area (Å²) in [6, 6.07) is 18.6. The first-order valence-electron chi connectivity index (χ1n) is 11.3. The van der Waals surface area contributed by atoms with Gasteiger partial charge in [-0.2, -0.15) is 20.1 Å². The van der Waals surface area contributed by atoms with E-state index in [1.807, 2.05) is 36.4 Å². The van der Waals surface area contributed by atoms with Crippen molar-refractivity contribution in [2.75, 3.05) is 28.7 Å². The molecule has 0 amide bonds. The van der Waals surface area contributed by atoms with E-state index in [0.29, 0.717) is 45.0 Å². The van der Waals surface area contributed by atoms with Crippen LogP contribution in [0.1, 0.15) is 25.0 Å². The van der Waals surface area contributed by atoms with Crippen LogP contribution in [0.25, 0.3) is 11.3 Å². The minimum Gasteiger partial charge on any atom is -0.455 e. The fourth-order valence-electron chi connectivity index (χ4n) is 3.76. The molecular weight excluding hydrogens is 485 g/mol. The van der Waals surface area contributed by atoms with Crippen LogP contribution in [0.3, 0.4) is 0 Å². The molecule has 10 heteroatoms. The lowest BCUT2D eigenvalue weighted by atomic mass is 10.1. The Labute approximate surface area is 213 Å². The Morgan fingerprint density at radius 2 is 1.69 bits per heavy atom. The standard InChI is InChI=1S/C25H23Cl2N7O/c26-17-9-11-21(27)20(15-17)22-12-10-19(35-22)16-28-33-24-30-23(29-18-7-3-1-4-8-18)31-25(32-24)34-13-5-2-6-14-34/h1,3-4,7-12,15-16H,2,5-6,13-14H2,(H2,29,30,31,32,33)/b28-16-. The fourth-order valence-corrected chi connectivity index (χ4v) is 4.15. The maximum Gasteiger partial charge on any atom is 0.250 e. The van der Waals surface area contributed by atoms with E-state index < -0.39 is 0 Å². The molecule has 1 aliphatic heterocycles. The van der Waals surface area contributed by atoms with Gasteiger partial charge in [0.15, 0.2) is 0 Å². The largest absolute Gasteiger partial charge is 0.455 e. The normalized spacial score (nSPS) is 13.8. The van der Waals surface area contributed by atoms with E-state index >= 15 is 0 Å². The van der Waals surface area contributed by atoms with E-state index in [-0.39, 0.29) is 0 Å². The molecule has 1 saturated heterocycles. The Balaban J connectivity index is 1.34. The maximum atomic E-state index is 6.28. The van der Waals surface area contributed by atoms with E-state index in [1.54, 1.807) is 30.5 Å². The fraction of sp³-hybridized carbons (Fsp3) is 0.200. The summed E-state index contributed by atoms with van der Waals surface area (Å²) in [6.07, 6.45) is 5.01. The molecular formula is C25H23Cl2N7O. The molecule has 0 spiro atoms. The van der Waals surface area contributed by atoms with Crippen molar-refractivity contribution in [2.24, 2.45) is 5.10 Å². The Kier molecular flexibility index (Phi) is 7.11. The molecule has 1 aliphatic rings. The molecule has 1 fully saturated rings. The molecule has 2 N–H and O–H groups in total. The molecule has 3 heterocycles. The molecule has 35 heavy (non-hydrogen) atoms. The van der Waals surface area contributed by atoms with E-state index in [9.17, 15) is 0 Å². The van der Waals surface area contributed by atoms with E-state index in [0.717, 1.165) is 31.6 Å². The number of piperidine rings is 1. The molecule has 4 aromatic rings. The molecule has 2 aromatic carbocycles. The van der Waals surface area contributed by atoms with Gasteiger partial charge in [0.25, 0.3) is 0 Å². The highest BCUT2D eigenvalue weighted by Gasteiger charge is 2.16. The lowest BCUT2D eigenvalue weighted by molar-refractivity contribution is 0.568. The number of benzene rings is 2. The zero-order chi connectivity index (χ0) is 24.0. The van der Waals surface area contributed by atoms with Crippen LogP contribution in [0.4, 0.5) is 23.5 Å². The quantitative estimate of drug-likeness (QED) is 0.214. The van der Waals surface area contributed by atoms with Gasteiger partial charge in [0, 0.05) is 29.4 Å². The number of furan rings is 1. The van der Waals surface area contributed by atoms with Crippen LogP contribution in [-0.2, 0) is 0 Å². The van der Waals surface area contributed by atoms with E-state index in [1.165, 1.54) is 6.42 Å². The van der Waals surface area contributed by atoms with Gasteiger partial charge in [0.1, 0.15) is 11.5 Å². The molecule has 0 unspecified atom stereocenters. The number of para-hydroxylation sites is 1. The summed E-state index contributed by atoms with van der Waals surface area (Å²) in [5, 5.41) is 8.64. The second kappa shape index (κ2) is 10.8. The van der Waals surface area contributed by atoms with Gasteiger partial charge in [0.05, 0.1) is 11.2 Å². The number of hydrazone groups is 1. The van der Waals surface area contributed by atoms with Crippen LogP contribution >= 0.6 is 23.2 Å². The summed E-state index contributed by atoms with van der Waals surface area (Å²) < 4.78 is 5.86. The molecule has 5 rings (SSSR count). The van der Waals surface area contributed by atoms with Gasteiger partial charge in [-0.25, -0.2) is 5.43 Å². The summed E-state index contributed by atoms with van der Waals surface area (Å²) in [6.45, 7) is 1.83. The number of anilines is 4. The van der Waals surface area contributed by atoms with Gasteiger partial charge in [-0.15, -0.1) is 0 Å². The highest BCUT2D eigenvalue weighted by molar-refractivity contribution is 6.35. The number of halogens is 2. The average Bonchev–Trinajstić information content (AvgIpc) is 3.35. The van der Waals surface area contributed by atoms with Crippen molar-refractivity contribution in [1.29, 1.82) is 0 Å². The van der Waals surface area contributed by atoms with Crippen molar-refractivity contribution >= 4 is 52.9 Å². The number of nitrogens with one attached hydrogen (secondary N) is 2. The second-order valence-electron chi connectivity index (χ2n) is 8.02. The molecule has 0 bridgehead atoms. The monoisotopic (exact) mass is 507 g/mol. The van der Waals surface area contributed by atoms with E-state index in [2.05, 4.69) is 35.7 Å². The van der Waals surface area contributed by atoms with Crippen LogP contribution in [0.5, 0.6) is 0 Å². The zero-order valence-corrected chi connectivity index (χ0v) is 20.3. The summed E-state index contributed by atoms with van der Waals surface area (Å²) in [5.74, 6) is 2.53. The Morgan fingerprint density at radius 3 is 2.51 bits per heavy atom. The molecule has 0 saturated carbocycles. The van der Waals surface area contributed by atoms with Gasteiger partial charge >= 0.3 is 0 Å². The first-order valence-corrected chi connectivity index (χ1v) is 12.1. The summed E-state index contributed by atoms with van der Waals surface area (Å²) in [4.78, 5) is 15.9. The van der Waals surface area contributed by atoms with Gasteiger partial charge in [-0.05, 0) is 61.7 Å². The molecule has 0 atom stereocenters. The molecule has 8 nitrogen and oxygen atoms in total. The number of hydrogen-bond acceptors (Lipinski definition) is 8. The Morgan fingerprint density at radius 1 is 0.886 bits per heavy atom. The first kappa shape index (κ1) is 23.1. The summed E-state index contributed by atoms with van der Waals surface area (Å²) in [7, 11) is 0. The predicted molar refractivity (Wildman–Crippen MR) is 141 cm³/mol. The lowest BCUT2D eigenvalue weighted by Crippen LogP contribution is -2.31. The van der Waals surface area contributed by atoms with Crippen molar-refractivity contribution in [3.8, 4) is 11.3 Å². The van der Waals surface area contributed by atoms with Gasteiger partial charge in [-0.3, -0.25) is 0 Å². The minimum absolute atomic E-state index is 0.333. The first-order chi connectivity index (χ1) is 17.1. The van der Waals surface area contributed by atoms with Crippen LogP contribution in [0.2, 0.25) is 10.0 Å². The highest BCUT2D eigenvalue weighted by atomic mass is 35.5. The maximum absolute atomic E-state index is 6.28. The minimum atomic E-state index is 0.333. The summed E-state index contributed by atoms with van der Waals surface area (Å²) in [5.41, 5.74) is 4.51. The SMILES string of the molecule is Clc1ccc(Cl)c(-c2ccc(/C=N\Nc3nc(Nc4ccccc4)nc(N4CCCCC4)n3)o2)c1. The van der Waals surface area contributed by atoms with Crippen LogP contribution < -0.4 is 15.6 Å². The molecule has 0 radical (unpaired) electrons. The third-order valence-electron chi connectivity index (χ3n) is 5.47. The number of rotatable bonds is 7. The Bertz CT molecular complexity index is 1320. The van der Waals surface area contributed by atoms with E-state index in [4.69, 9.17) is 27.6 Å². The molecule has 0 aliphatic carbocycles. The zero-order valence-electron chi connectivity index (χ0n) is 18.8. The van der Waals surface area contributed by atoms with Crippen molar-refractivity contribution in [3.63, 3.8) is 0 Å². The lowest BCUT2D eigenvalue weighted by Gasteiger charge is -2.26. The van der Waals surface area contributed by atoms with Gasteiger partial charge in [-0.1, -0.05) is 41.4 Å². The Hall–Kier alpha value is -3.62. The molecule has 178 valence electrons. The van der Waals surface area contributed by atoms with Crippen molar-refractivity contribution in [2.45, 2.75) is 19.3 Å². The summed E-state index contributed by atoms with van der Waals surface area (Å²) >= 11 is 12.4. The van der Waals surface area contributed by atoms with Crippen LogP contribution in [0, 0.1) is 0 Å². The van der Waals surface area contributed by atoms with Crippen LogP contribution in [-0.4, -0.2) is 34.3 Å². The third kappa shape index (κ3) is 5.90. The number of nitrogens with zero attached hydrogens (tertiary/aromatic N) is 5. The predicted octanol–water partition coefficient (Wildman–Crippen LogP) is 6.62.